The van der Waals surface area contributed by atoms with Crippen molar-refractivity contribution in [3.05, 3.63) is 23.0 Å². The second kappa shape index (κ2) is 5.68. The van der Waals surface area contributed by atoms with E-state index in [0.717, 1.165) is 6.07 Å². The summed E-state index contributed by atoms with van der Waals surface area (Å²) in [5.74, 6) is -0.706. The lowest BCUT2D eigenvalue weighted by Gasteiger charge is -2.28. The summed E-state index contributed by atoms with van der Waals surface area (Å²) in [5.41, 5.74) is -0.320. The number of guanidine groups is 1. The molecule has 0 saturated carbocycles. The predicted molar refractivity (Wildman–Crippen MR) is 85.4 cm³/mol. The zero-order valence-electron chi connectivity index (χ0n) is 12.7. The standard InChI is InChI=1S/C13H18ClFN4O2S/c1-13(2,7-19(3)4)17-12-16-10-5-8(14)9(15)6-11(10)22(20,21)18-12/h5-6H,7H2,1-4H3,(H2,16,17,18). The first-order chi connectivity index (χ1) is 10.00. The van der Waals surface area contributed by atoms with Crippen LogP contribution in [-0.4, -0.2) is 45.5 Å². The van der Waals surface area contributed by atoms with E-state index in [1.165, 1.54) is 6.07 Å². The Labute approximate surface area is 134 Å². The minimum absolute atomic E-state index is 0.0852. The Morgan fingerprint density at radius 3 is 2.59 bits per heavy atom. The summed E-state index contributed by atoms with van der Waals surface area (Å²) in [6.45, 7) is 4.38. The summed E-state index contributed by atoms with van der Waals surface area (Å²) in [6.07, 6.45) is 0. The van der Waals surface area contributed by atoms with Crippen LogP contribution in [0.25, 0.3) is 0 Å². The molecule has 122 valence electrons. The van der Waals surface area contributed by atoms with Crippen molar-refractivity contribution in [2.75, 3.05) is 26.0 Å². The summed E-state index contributed by atoms with van der Waals surface area (Å²) in [5, 5.41) is 2.68. The van der Waals surface area contributed by atoms with Gasteiger partial charge in [0.2, 0.25) is 5.96 Å². The Morgan fingerprint density at radius 1 is 1.36 bits per heavy atom. The van der Waals surface area contributed by atoms with Gasteiger partial charge in [-0.3, -0.25) is 0 Å². The highest BCUT2D eigenvalue weighted by atomic mass is 35.5. The molecule has 0 radical (unpaired) electrons. The Balaban J connectivity index is 2.43. The minimum atomic E-state index is -3.89. The van der Waals surface area contributed by atoms with Gasteiger partial charge in [0.15, 0.2) is 0 Å². The average molecular weight is 349 g/mol. The van der Waals surface area contributed by atoms with Crippen LogP contribution in [0.3, 0.4) is 0 Å². The van der Waals surface area contributed by atoms with E-state index in [1.807, 2.05) is 32.8 Å². The van der Waals surface area contributed by atoms with Crippen LogP contribution < -0.4 is 10.0 Å². The maximum atomic E-state index is 13.5. The number of likely N-dealkylation sites (N-methyl/N-ethyl adjacent to an activating group) is 1. The second-order valence-electron chi connectivity index (χ2n) is 6.00. The van der Waals surface area contributed by atoms with Gasteiger partial charge in [-0.2, -0.15) is 0 Å². The van der Waals surface area contributed by atoms with Crippen LogP contribution >= 0.6 is 11.6 Å². The van der Waals surface area contributed by atoms with Crippen LogP contribution in [0, 0.1) is 5.82 Å². The number of nitrogens with one attached hydrogen (secondary N) is 2. The van der Waals surface area contributed by atoms with Crippen molar-refractivity contribution >= 4 is 33.3 Å². The molecule has 1 aromatic rings. The molecular weight excluding hydrogens is 331 g/mol. The molecule has 0 amide bonds. The van der Waals surface area contributed by atoms with E-state index in [4.69, 9.17) is 11.6 Å². The molecule has 1 aliphatic rings. The molecule has 0 aliphatic carbocycles. The Hall–Kier alpha value is -1.38. The molecule has 6 nitrogen and oxygen atoms in total. The molecule has 2 rings (SSSR count). The summed E-state index contributed by atoms with van der Waals surface area (Å²) >= 11 is 5.71. The summed E-state index contributed by atoms with van der Waals surface area (Å²) in [4.78, 5) is 6.14. The first-order valence-electron chi connectivity index (χ1n) is 6.54. The molecule has 0 unspecified atom stereocenters. The topological polar surface area (TPSA) is 73.8 Å². The lowest BCUT2D eigenvalue weighted by molar-refractivity contribution is 0.319. The lowest BCUT2D eigenvalue weighted by Crippen LogP contribution is -2.44. The first-order valence-corrected chi connectivity index (χ1v) is 8.40. The number of benzene rings is 1. The highest BCUT2D eigenvalue weighted by Crippen LogP contribution is 2.30. The van der Waals surface area contributed by atoms with Crippen molar-refractivity contribution in [3.63, 3.8) is 0 Å². The first kappa shape index (κ1) is 17.0. The molecule has 0 aromatic heterocycles. The van der Waals surface area contributed by atoms with Crippen molar-refractivity contribution in [1.29, 1.82) is 0 Å². The van der Waals surface area contributed by atoms with Crippen LogP contribution in [0.4, 0.5) is 10.1 Å². The van der Waals surface area contributed by atoms with Crippen LogP contribution in [0.5, 0.6) is 0 Å². The number of fused-ring (bicyclic) bond motifs is 1. The number of anilines is 1. The predicted octanol–water partition coefficient (Wildman–Crippen LogP) is 1.88. The zero-order valence-corrected chi connectivity index (χ0v) is 14.3. The Kier molecular flexibility index (Phi) is 4.38. The lowest BCUT2D eigenvalue weighted by atomic mass is 10.1. The quantitative estimate of drug-likeness (QED) is 0.874. The molecule has 1 aromatic carbocycles. The van der Waals surface area contributed by atoms with Gasteiger partial charge < -0.3 is 10.2 Å². The fourth-order valence-electron chi connectivity index (χ4n) is 2.35. The number of nitrogens with zero attached hydrogens (tertiary/aromatic N) is 2. The van der Waals surface area contributed by atoms with Gasteiger partial charge in [-0.15, -0.1) is 0 Å². The molecule has 1 heterocycles. The number of hydrogen-bond acceptors (Lipinski definition) is 4. The van der Waals surface area contributed by atoms with Gasteiger partial charge in [-0.05, 0) is 40.1 Å². The van der Waals surface area contributed by atoms with Crippen molar-refractivity contribution in [2.24, 2.45) is 4.99 Å². The minimum Gasteiger partial charge on any atom is -0.324 e. The molecule has 22 heavy (non-hydrogen) atoms. The third-order valence-electron chi connectivity index (χ3n) is 2.91. The van der Waals surface area contributed by atoms with E-state index in [9.17, 15) is 12.8 Å². The van der Waals surface area contributed by atoms with Gasteiger partial charge in [0.25, 0.3) is 10.0 Å². The highest BCUT2D eigenvalue weighted by molar-refractivity contribution is 7.90. The van der Waals surface area contributed by atoms with Gasteiger partial charge in [-0.1, -0.05) is 11.6 Å². The fourth-order valence-corrected chi connectivity index (χ4v) is 3.63. The fraction of sp³-hybridized carbons (Fsp3) is 0.462. The SMILES string of the molecule is CN(C)CC(C)(C)N=C1Nc2cc(Cl)c(F)cc2S(=O)(=O)N1. The van der Waals surface area contributed by atoms with Crippen molar-refractivity contribution in [2.45, 2.75) is 24.3 Å². The molecule has 9 heteroatoms. The van der Waals surface area contributed by atoms with E-state index in [-0.39, 0.29) is 21.6 Å². The molecule has 0 atom stereocenters. The highest BCUT2D eigenvalue weighted by Gasteiger charge is 2.30. The van der Waals surface area contributed by atoms with E-state index in [0.29, 0.717) is 6.54 Å². The van der Waals surface area contributed by atoms with Crippen molar-refractivity contribution in [3.8, 4) is 0 Å². The van der Waals surface area contributed by atoms with Crippen LogP contribution in [0.1, 0.15) is 13.8 Å². The zero-order chi connectivity index (χ0) is 16.7. The molecule has 0 saturated heterocycles. The molecule has 0 bridgehead atoms. The van der Waals surface area contributed by atoms with Gasteiger partial charge in [0.1, 0.15) is 10.7 Å². The third-order valence-corrected chi connectivity index (χ3v) is 4.58. The number of aliphatic imine (C=N–C) groups is 1. The molecule has 1 aliphatic heterocycles. The summed E-state index contributed by atoms with van der Waals surface area (Å²) in [6, 6.07) is 2.12. The second-order valence-corrected chi connectivity index (χ2v) is 8.06. The van der Waals surface area contributed by atoms with Crippen LogP contribution in [0.2, 0.25) is 5.02 Å². The van der Waals surface area contributed by atoms with E-state index in [1.54, 1.807) is 0 Å². The van der Waals surface area contributed by atoms with Gasteiger partial charge in [-0.25, -0.2) is 22.5 Å². The largest absolute Gasteiger partial charge is 0.324 e. The van der Waals surface area contributed by atoms with E-state index >= 15 is 0 Å². The molecule has 0 spiro atoms. The van der Waals surface area contributed by atoms with E-state index in [2.05, 4.69) is 15.0 Å². The van der Waals surface area contributed by atoms with Crippen LogP contribution in [0.15, 0.2) is 22.0 Å². The number of halogens is 2. The number of rotatable bonds is 3. The number of hydrogen-bond donors (Lipinski definition) is 2. The monoisotopic (exact) mass is 348 g/mol. The maximum absolute atomic E-state index is 13.5. The molecule has 0 fully saturated rings. The van der Waals surface area contributed by atoms with Gasteiger partial charge in [0.05, 0.1) is 16.2 Å². The van der Waals surface area contributed by atoms with Crippen LogP contribution in [-0.2, 0) is 10.0 Å². The Bertz CT molecular complexity index is 732. The molecule has 2 N–H and O–H groups in total. The summed E-state index contributed by atoms with van der Waals surface area (Å²) < 4.78 is 40.2. The normalized spacial score (nSPS) is 18.8. The Morgan fingerprint density at radius 2 is 2.00 bits per heavy atom. The summed E-state index contributed by atoms with van der Waals surface area (Å²) in [7, 11) is -0.0848. The van der Waals surface area contributed by atoms with Gasteiger partial charge in [0, 0.05) is 6.54 Å². The smallest absolute Gasteiger partial charge is 0.266 e. The van der Waals surface area contributed by atoms with Crippen molar-refractivity contribution in [1.82, 2.24) is 9.62 Å². The maximum Gasteiger partial charge on any atom is 0.266 e. The van der Waals surface area contributed by atoms with Gasteiger partial charge >= 0.3 is 0 Å². The van der Waals surface area contributed by atoms with E-state index < -0.39 is 21.4 Å². The number of sulfonamides is 1. The average Bonchev–Trinajstić information content (AvgIpc) is 2.28. The van der Waals surface area contributed by atoms with Crippen molar-refractivity contribution < 1.29 is 12.8 Å². The molecular formula is C13H18ClFN4O2S. The third kappa shape index (κ3) is 3.68.